The van der Waals surface area contributed by atoms with Gasteiger partial charge in [0.1, 0.15) is 5.69 Å². The lowest BCUT2D eigenvalue weighted by molar-refractivity contribution is 0.0820. The molecule has 3 rings (SSSR count). The quantitative estimate of drug-likeness (QED) is 0.806. The Morgan fingerprint density at radius 1 is 1.48 bits per heavy atom. The Bertz CT molecular complexity index is 709. The van der Waals surface area contributed by atoms with Crippen LogP contribution in [-0.2, 0) is 0 Å². The summed E-state index contributed by atoms with van der Waals surface area (Å²) in [5, 5.41) is 14.1. The van der Waals surface area contributed by atoms with E-state index in [1.807, 2.05) is 6.92 Å². The SMILES string of the molecule is CC(CO)(NC(=O)c1[nH]c2ccc(Cl)cc2c1Cl)C1CC1. The molecule has 4 nitrogen and oxygen atoms in total. The van der Waals surface area contributed by atoms with Crippen molar-refractivity contribution in [3.05, 3.63) is 33.9 Å². The average molecular weight is 327 g/mol. The molecule has 1 saturated carbocycles. The smallest absolute Gasteiger partial charge is 0.269 e. The standard InChI is InChI=1S/C15H16Cl2N2O2/c1-15(7-20,8-2-3-8)19-14(21)13-12(17)10-6-9(16)4-5-11(10)18-13/h4-6,8,18,20H,2-3,7H2,1H3,(H,19,21). The zero-order valence-corrected chi connectivity index (χ0v) is 13.1. The van der Waals surface area contributed by atoms with Crippen molar-refractivity contribution in [3.63, 3.8) is 0 Å². The lowest BCUT2D eigenvalue weighted by atomic mass is 9.97. The van der Waals surface area contributed by atoms with Crippen molar-refractivity contribution in [1.29, 1.82) is 0 Å². The lowest BCUT2D eigenvalue weighted by Crippen LogP contribution is -2.50. The monoisotopic (exact) mass is 326 g/mol. The fraction of sp³-hybridized carbons (Fsp3) is 0.400. The van der Waals surface area contributed by atoms with E-state index in [4.69, 9.17) is 23.2 Å². The van der Waals surface area contributed by atoms with Gasteiger partial charge in [-0.15, -0.1) is 0 Å². The van der Waals surface area contributed by atoms with Gasteiger partial charge in [-0.05, 0) is 43.9 Å². The zero-order chi connectivity index (χ0) is 15.2. The number of benzene rings is 1. The average Bonchev–Trinajstić information content (AvgIpc) is 3.26. The molecule has 1 atom stereocenters. The third-order valence-corrected chi connectivity index (χ3v) is 4.76. The van der Waals surface area contributed by atoms with Crippen molar-refractivity contribution >= 4 is 40.0 Å². The highest BCUT2D eigenvalue weighted by molar-refractivity contribution is 6.39. The molecule has 0 bridgehead atoms. The molecule has 6 heteroatoms. The first-order valence-corrected chi connectivity index (χ1v) is 7.60. The Kier molecular flexibility index (Phi) is 3.64. The van der Waals surface area contributed by atoms with Crippen LogP contribution in [0.4, 0.5) is 0 Å². The van der Waals surface area contributed by atoms with Crippen LogP contribution in [0.1, 0.15) is 30.3 Å². The maximum Gasteiger partial charge on any atom is 0.269 e. The number of fused-ring (bicyclic) bond motifs is 1. The van der Waals surface area contributed by atoms with E-state index >= 15 is 0 Å². The molecule has 1 amide bonds. The van der Waals surface area contributed by atoms with Crippen LogP contribution in [0.15, 0.2) is 18.2 Å². The molecule has 1 aromatic heterocycles. The van der Waals surface area contributed by atoms with Crippen LogP contribution in [0.2, 0.25) is 10.0 Å². The van der Waals surface area contributed by atoms with Gasteiger partial charge in [-0.3, -0.25) is 4.79 Å². The van der Waals surface area contributed by atoms with Gasteiger partial charge in [0.2, 0.25) is 0 Å². The third kappa shape index (κ3) is 2.63. The molecule has 21 heavy (non-hydrogen) atoms. The number of hydrogen-bond acceptors (Lipinski definition) is 2. The molecule has 0 spiro atoms. The van der Waals surface area contributed by atoms with Gasteiger partial charge in [0.15, 0.2) is 0 Å². The summed E-state index contributed by atoms with van der Waals surface area (Å²) in [4.78, 5) is 15.5. The fourth-order valence-corrected chi connectivity index (χ4v) is 3.06. The van der Waals surface area contributed by atoms with Gasteiger partial charge < -0.3 is 15.4 Å². The van der Waals surface area contributed by atoms with Crippen molar-refractivity contribution < 1.29 is 9.90 Å². The van der Waals surface area contributed by atoms with E-state index in [0.717, 1.165) is 18.4 Å². The van der Waals surface area contributed by atoms with Crippen LogP contribution < -0.4 is 5.32 Å². The highest BCUT2D eigenvalue weighted by atomic mass is 35.5. The molecule has 1 heterocycles. The van der Waals surface area contributed by atoms with Crippen molar-refractivity contribution in [2.24, 2.45) is 5.92 Å². The molecule has 1 aliphatic carbocycles. The summed E-state index contributed by atoms with van der Waals surface area (Å²) < 4.78 is 0. The maximum atomic E-state index is 12.5. The van der Waals surface area contributed by atoms with E-state index in [0.29, 0.717) is 27.0 Å². The molecule has 0 radical (unpaired) electrons. The number of aromatic nitrogens is 1. The first-order valence-electron chi connectivity index (χ1n) is 6.85. The number of aliphatic hydroxyl groups excluding tert-OH is 1. The predicted molar refractivity (Wildman–Crippen MR) is 84.0 cm³/mol. The number of nitrogens with one attached hydrogen (secondary N) is 2. The second kappa shape index (κ2) is 5.20. The van der Waals surface area contributed by atoms with Crippen LogP contribution in [0.25, 0.3) is 10.9 Å². The Hall–Kier alpha value is -1.23. The van der Waals surface area contributed by atoms with Crippen molar-refractivity contribution in [2.45, 2.75) is 25.3 Å². The summed E-state index contributed by atoms with van der Waals surface area (Å²) in [5.74, 6) is 0.0137. The summed E-state index contributed by atoms with van der Waals surface area (Å²) in [6.45, 7) is 1.77. The Balaban J connectivity index is 1.92. The van der Waals surface area contributed by atoms with Crippen LogP contribution in [-0.4, -0.2) is 28.1 Å². The first-order chi connectivity index (χ1) is 9.94. The van der Waals surface area contributed by atoms with Gasteiger partial charge in [-0.25, -0.2) is 0 Å². The number of carbonyl (C=O) groups excluding carboxylic acids is 1. The first kappa shape index (κ1) is 14.7. The molecule has 1 unspecified atom stereocenters. The molecule has 0 aliphatic heterocycles. The Morgan fingerprint density at radius 3 is 2.81 bits per heavy atom. The van der Waals surface area contributed by atoms with Crippen LogP contribution in [0.3, 0.4) is 0 Å². The molecule has 1 aliphatic rings. The zero-order valence-electron chi connectivity index (χ0n) is 11.5. The molecule has 1 fully saturated rings. The van der Waals surface area contributed by atoms with Gasteiger partial charge in [-0.1, -0.05) is 23.2 Å². The Morgan fingerprint density at radius 2 is 2.19 bits per heavy atom. The molecule has 112 valence electrons. The second-order valence-corrected chi connectivity index (χ2v) is 6.62. The van der Waals surface area contributed by atoms with Crippen LogP contribution >= 0.6 is 23.2 Å². The summed E-state index contributed by atoms with van der Waals surface area (Å²) >= 11 is 12.2. The molecule has 2 aromatic rings. The number of hydrogen-bond donors (Lipinski definition) is 3. The number of aliphatic hydroxyl groups is 1. The number of carbonyl (C=O) groups is 1. The number of halogens is 2. The number of aromatic amines is 1. The highest BCUT2D eigenvalue weighted by Crippen LogP contribution is 2.39. The third-order valence-electron chi connectivity index (χ3n) is 4.13. The van der Waals surface area contributed by atoms with Crippen molar-refractivity contribution in [3.8, 4) is 0 Å². The van der Waals surface area contributed by atoms with Crippen molar-refractivity contribution in [2.75, 3.05) is 6.61 Å². The van der Waals surface area contributed by atoms with E-state index in [-0.39, 0.29) is 12.5 Å². The molecule has 3 N–H and O–H groups in total. The second-order valence-electron chi connectivity index (χ2n) is 5.81. The molecule has 0 saturated heterocycles. The fourth-order valence-electron chi connectivity index (χ4n) is 2.60. The maximum absolute atomic E-state index is 12.5. The number of amides is 1. The minimum absolute atomic E-state index is 0.0902. The van der Waals surface area contributed by atoms with Gasteiger partial charge in [0.05, 0.1) is 17.2 Å². The van der Waals surface area contributed by atoms with E-state index < -0.39 is 5.54 Å². The largest absolute Gasteiger partial charge is 0.394 e. The molecule has 1 aromatic carbocycles. The van der Waals surface area contributed by atoms with E-state index in [1.54, 1.807) is 18.2 Å². The van der Waals surface area contributed by atoms with Crippen LogP contribution in [0, 0.1) is 5.92 Å². The van der Waals surface area contributed by atoms with Gasteiger partial charge in [0, 0.05) is 15.9 Å². The van der Waals surface area contributed by atoms with Gasteiger partial charge in [-0.2, -0.15) is 0 Å². The van der Waals surface area contributed by atoms with E-state index in [1.165, 1.54) is 0 Å². The summed E-state index contributed by atoms with van der Waals surface area (Å²) in [6, 6.07) is 5.24. The lowest BCUT2D eigenvalue weighted by Gasteiger charge is -2.28. The minimum atomic E-state index is -0.602. The van der Waals surface area contributed by atoms with Gasteiger partial charge in [0.25, 0.3) is 5.91 Å². The summed E-state index contributed by atoms with van der Waals surface area (Å²) in [7, 11) is 0. The van der Waals surface area contributed by atoms with Crippen molar-refractivity contribution in [1.82, 2.24) is 10.3 Å². The normalized spacial score (nSPS) is 17.7. The summed E-state index contributed by atoms with van der Waals surface area (Å²) in [6.07, 6.45) is 2.04. The number of rotatable bonds is 4. The van der Waals surface area contributed by atoms with Crippen LogP contribution in [0.5, 0.6) is 0 Å². The molecular weight excluding hydrogens is 311 g/mol. The number of H-pyrrole nitrogens is 1. The van der Waals surface area contributed by atoms with Gasteiger partial charge >= 0.3 is 0 Å². The highest BCUT2D eigenvalue weighted by Gasteiger charge is 2.42. The topological polar surface area (TPSA) is 65.1 Å². The van der Waals surface area contributed by atoms with E-state index in [2.05, 4.69) is 10.3 Å². The summed E-state index contributed by atoms with van der Waals surface area (Å²) in [5.41, 5.74) is 0.455. The predicted octanol–water partition coefficient (Wildman–Crippen LogP) is 3.37. The molecular formula is C15H16Cl2N2O2. The minimum Gasteiger partial charge on any atom is -0.394 e. The Labute approximate surface area is 132 Å². The van der Waals surface area contributed by atoms with E-state index in [9.17, 15) is 9.90 Å².